The Morgan fingerprint density at radius 3 is 2.31 bits per heavy atom. The van der Waals surface area contributed by atoms with Crippen molar-refractivity contribution < 1.29 is 14.3 Å². The first-order valence-corrected chi connectivity index (χ1v) is 10.3. The first-order valence-electron chi connectivity index (χ1n) is 10.3. The second-order valence-electron chi connectivity index (χ2n) is 8.08. The van der Waals surface area contributed by atoms with Crippen molar-refractivity contribution in [1.82, 2.24) is 10.2 Å². The molecule has 0 aromatic heterocycles. The molecule has 0 spiro atoms. The Morgan fingerprint density at radius 1 is 1.07 bits per heavy atom. The summed E-state index contributed by atoms with van der Waals surface area (Å²) in [6.07, 6.45) is 0.518. The maximum Gasteiger partial charge on any atom is 0.251 e. The fourth-order valence-electron chi connectivity index (χ4n) is 3.88. The van der Waals surface area contributed by atoms with Gasteiger partial charge >= 0.3 is 0 Å². The minimum absolute atomic E-state index is 0.0748. The van der Waals surface area contributed by atoms with Crippen LogP contribution in [0.4, 0.5) is 0 Å². The van der Waals surface area contributed by atoms with E-state index in [1.54, 1.807) is 0 Å². The zero-order valence-electron chi connectivity index (χ0n) is 17.9. The highest BCUT2D eigenvalue weighted by atomic mass is 16.5. The second kappa shape index (κ2) is 9.90. The number of hydrogen-bond donors (Lipinski definition) is 1. The van der Waals surface area contributed by atoms with Gasteiger partial charge in [-0.25, -0.2) is 0 Å². The first-order chi connectivity index (χ1) is 13.9. The summed E-state index contributed by atoms with van der Waals surface area (Å²) in [5, 5.41) is 2.92. The van der Waals surface area contributed by atoms with E-state index in [0.29, 0.717) is 18.7 Å². The van der Waals surface area contributed by atoms with Crippen molar-refractivity contribution in [3.63, 3.8) is 0 Å². The van der Waals surface area contributed by atoms with E-state index in [2.05, 4.69) is 30.1 Å². The third-order valence-electron chi connectivity index (χ3n) is 4.97. The highest BCUT2D eigenvalue weighted by Crippen LogP contribution is 2.16. The molecule has 0 bridgehead atoms. The van der Waals surface area contributed by atoms with E-state index < -0.39 is 0 Å². The van der Waals surface area contributed by atoms with Gasteiger partial charge in [-0.2, -0.15) is 0 Å². The summed E-state index contributed by atoms with van der Waals surface area (Å²) in [5.74, 6) is 0.766. The number of benzene rings is 2. The molecule has 1 saturated heterocycles. The summed E-state index contributed by atoms with van der Waals surface area (Å²) < 4.78 is 11.5. The quantitative estimate of drug-likeness (QED) is 0.725. The predicted molar refractivity (Wildman–Crippen MR) is 115 cm³/mol. The lowest BCUT2D eigenvalue weighted by atomic mass is 10.1. The van der Waals surface area contributed by atoms with Gasteiger partial charge in [-0.15, -0.1) is 0 Å². The summed E-state index contributed by atoms with van der Waals surface area (Å²) in [4.78, 5) is 14.8. The molecule has 1 N–H and O–H groups in total. The molecule has 0 radical (unpaired) electrons. The van der Waals surface area contributed by atoms with Crippen molar-refractivity contribution in [3.8, 4) is 5.75 Å². The Kier molecular flexibility index (Phi) is 7.29. The van der Waals surface area contributed by atoms with Crippen LogP contribution < -0.4 is 10.1 Å². The van der Waals surface area contributed by atoms with Crippen molar-refractivity contribution in [2.75, 3.05) is 26.2 Å². The maximum atomic E-state index is 12.4. The Balaban J connectivity index is 1.44. The topological polar surface area (TPSA) is 50.8 Å². The number of carbonyl (C=O) groups excluding carboxylic acids is 1. The number of hydrogen-bond acceptors (Lipinski definition) is 4. The van der Waals surface area contributed by atoms with Crippen LogP contribution in [0, 0.1) is 13.8 Å². The van der Waals surface area contributed by atoms with Crippen molar-refractivity contribution in [2.24, 2.45) is 0 Å². The molecule has 2 aromatic rings. The van der Waals surface area contributed by atoms with Crippen LogP contribution >= 0.6 is 0 Å². The molecule has 2 unspecified atom stereocenters. The van der Waals surface area contributed by atoms with Gasteiger partial charge in [-0.1, -0.05) is 18.2 Å². The van der Waals surface area contributed by atoms with Gasteiger partial charge < -0.3 is 14.8 Å². The summed E-state index contributed by atoms with van der Waals surface area (Å²) in [6.45, 7) is 12.0. The number of carbonyl (C=O) groups is 1. The normalized spacial score (nSPS) is 19.7. The molecule has 5 nitrogen and oxygen atoms in total. The molecule has 5 heteroatoms. The zero-order chi connectivity index (χ0) is 20.8. The Morgan fingerprint density at radius 2 is 1.69 bits per heavy atom. The van der Waals surface area contributed by atoms with Crippen LogP contribution in [0.5, 0.6) is 5.75 Å². The molecule has 1 amide bonds. The van der Waals surface area contributed by atoms with Crippen LogP contribution in [0.15, 0.2) is 42.5 Å². The first kappa shape index (κ1) is 21.3. The molecule has 156 valence electrons. The number of aryl methyl sites for hydroxylation is 2. The molecule has 1 heterocycles. The lowest BCUT2D eigenvalue weighted by Crippen LogP contribution is -2.44. The van der Waals surface area contributed by atoms with E-state index in [1.165, 1.54) is 16.7 Å². The summed E-state index contributed by atoms with van der Waals surface area (Å²) in [7, 11) is 0. The van der Waals surface area contributed by atoms with E-state index in [1.807, 2.05) is 50.2 Å². The largest absolute Gasteiger partial charge is 0.492 e. The fourth-order valence-corrected chi connectivity index (χ4v) is 3.88. The Labute approximate surface area is 174 Å². The SMILES string of the molecule is Cc1cc(C)cc(OCCNC(=O)c2ccc(CN3CC(C)OC(C)C3)cc2)c1. The fraction of sp³-hybridized carbons (Fsp3) is 0.458. The summed E-state index contributed by atoms with van der Waals surface area (Å²) >= 11 is 0. The maximum absolute atomic E-state index is 12.4. The van der Waals surface area contributed by atoms with Gasteiger partial charge in [0.2, 0.25) is 0 Å². The lowest BCUT2D eigenvalue weighted by molar-refractivity contribution is -0.0704. The Hall–Kier alpha value is -2.37. The highest BCUT2D eigenvalue weighted by Gasteiger charge is 2.22. The number of ether oxygens (including phenoxy) is 2. The van der Waals surface area contributed by atoms with Crippen LogP contribution in [0.3, 0.4) is 0 Å². The van der Waals surface area contributed by atoms with Crippen molar-refractivity contribution >= 4 is 5.91 Å². The van der Waals surface area contributed by atoms with E-state index in [-0.39, 0.29) is 18.1 Å². The van der Waals surface area contributed by atoms with E-state index in [9.17, 15) is 4.79 Å². The van der Waals surface area contributed by atoms with Gasteiger partial charge in [0.25, 0.3) is 5.91 Å². The summed E-state index contributed by atoms with van der Waals surface area (Å²) in [6, 6.07) is 14.0. The molecule has 2 aromatic carbocycles. The van der Waals surface area contributed by atoms with Gasteiger partial charge in [-0.3, -0.25) is 9.69 Å². The zero-order valence-corrected chi connectivity index (χ0v) is 17.9. The molecule has 1 aliphatic rings. The van der Waals surface area contributed by atoms with Crippen LogP contribution in [0.25, 0.3) is 0 Å². The van der Waals surface area contributed by atoms with E-state index in [0.717, 1.165) is 25.4 Å². The van der Waals surface area contributed by atoms with Crippen LogP contribution in [-0.4, -0.2) is 49.3 Å². The predicted octanol–water partition coefficient (Wildman–Crippen LogP) is 3.72. The van der Waals surface area contributed by atoms with Crippen molar-refractivity contribution in [3.05, 3.63) is 64.7 Å². The monoisotopic (exact) mass is 396 g/mol. The lowest BCUT2D eigenvalue weighted by Gasteiger charge is -2.35. The molecule has 1 aliphatic heterocycles. The third kappa shape index (κ3) is 6.58. The highest BCUT2D eigenvalue weighted by molar-refractivity contribution is 5.94. The molecule has 2 atom stereocenters. The van der Waals surface area contributed by atoms with Crippen molar-refractivity contribution in [2.45, 2.75) is 46.4 Å². The van der Waals surface area contributed by atoms with E-state index >= 15 is 0 Å². The van der Waals surface area contributed by atoms with Crippen LogP contribution in [0.2, 0.25) is 0 Å². The number of nitrogens with one attached hydrogen (secondary N) is 1. The third-order valence-corrected chi connectivity index (χ3v) is 4.97. The minimum atomic E-state index is -0.0748. The number of morpholine rings is 1. The molecule has 29 heavy (non-hydrogen) atoms. The smallest absolute Gasteiger partial charge is 0.251 e. The molecular formula is C24H32N2O3. The molecule has 0 aliphatic carbocycles. The van der Waals surface area contributed by atoms with Crippen LogP contribution in [0.1, 0.15) is 40.9 Å². The van der Waals surface area contributed by atoms with Crippen molar-refractivity contribution in [1.29, 1.82) is 0 Å². The Bertz CT molecular complexity index is 789. The summed E-state index contributed by atoms with van der Waals surface area (Å²) in [5.41, 5.74) is 4.22. The van der Waals surface area contributed by atoms with Gasteiger partial charge in [0.1, 0.15) is 12.4 Å². The number of rotatable bonds is 7. The van der Waals surface area contributed by atoms with Gasteiger partial charge in [0, 0.05) is 25.2 Å². The standard InChI is InChI=1S/C24H32N2O3/c1-17-11-18(2)13-23(12-17)28-10-9-25-24(27)22-7-5-21(6-8-22)16-26-14-19(3)29-20(4)15-26/h5-8,11-13,19-20H,9-10,14-16H2,1-4H3,(H,25,27). The molecular weight excluding hydrogens is 364 g/mol. The average Bonchev–Trinajstić information content (AvgIpc) is 2.64. The van der Waals surface area contributed by atoms with Gasteiger partial charge in [0.15, 0.2) is 0 Å². The molecule has 3 rings (SSSR count). The second-order valence-corrected chi connectivity index (χ2v) is 8.08. The average molecular weight is 397 g/mol. The number of nitrogens with zero attached hydrogens (tertiary/aromatic N) is 1. The molecule has 1 fully saturated rings. The van der Waals surface area contributed by atoms with Crippen LogP contribution in [-0.2, 0) is 11.3 Å². The minimum Gasteiger partial charge on any atom is -0.492 e. The molecule has 0 saturated carbocycles. The van der Waals surface area contributed by atoms with E-state index in [4.69, 9.17) is 9.47 Å². The number of amides is 1. The van der Waals surface area contributed by atoms with Gasteiger partial charge in [-0.05, 0) is 68.7 Å². The van der Waals surface area contributed by atoms with Gasteiger partial charge in [0.05, 0.1) is 18.8 Å².